The fourth-order valence-electron chi connectivity index (χ4n) is 1.71. The molecule has 0 aliphatic heterocycles. The number of rotatable bonds is 4. The molecule has 0 fully saturated rings. The van der Waals surface area contributed by atoms with E-state index in [-0.39, 0.29) is 6.42 Å². The smallest absolute Gasteiger partial charge is 0.169 e. The Bertz CT molecular complexity index is 533. The van der Waals surface area contributed by atoms with Gasteiger partial charge in [0.15, 0.2) is 31.3 Å². The molecule has 92 valence electrons. The molecule has 0 saturated heterocycles. The van der Waals surface area contributed by atoms with Crippen molar-refractivity contribution < 1.29 is 19.0 Å². The quantitative estimate of drug-likeness (QED) is 0.686. The molecule has 0 amide bonds. The van der Waals surface area contributed by atoms with E-state index in [1.165, 1.54) is 0 Å². The molecule has 18 heavy (non-hydrogen) atoms. The molecule has 0 radical (unpaired) electrons. The van der Waals surface area contributed by atoms with E-state index in [9.17, 15) is 9.90 Å². The first kappa shape index (κ1) is 12.2. The molecule has 4 heteroatoms. The highest BCUT2D eigenvalue weighted by atomic mass is 16.4. The zero-order chi connectivity index (χ0) is 13.0. The average Bonchev–Trinajstić information content (AvgIpc) is 2.38. The summed E-state index contributed by atoms with van der Waals surface area (Å²) in [6, 6.07) is 8.04. The highest BCUT2D eigenvalue weighted by molar-refractivity contribution is 5.63. The van der Waals surface area contributed by atoms with Gasteiger partial charge in [-0.05, 0) is 11.1 Å². The number of carboxylic acids is 1. The molecule has 0 bridgehead atoms. The van der Waals surface area contributed by atoms with Crippen molar-refractivity contribution in [3.8, 4) is 11.1 Å². The highest BCUT2D eigenvalue weighted by Gasteiger charge is 2.04. The van der Waals surface area contributed by atoms with Crippen LogP contribution in [0.15, 0.2) is 49.1 Å². The number of hydrogen-bond acceptors (Lipinski definition) is 2. The van der Waals surface area contributed by atoms with Crippen LogP contribution < -0.4 is 14.2 Å². The SMILES string of the molecule is C[n+]1ccc(-c2cc[n+](CCC(=O)[O-])cc2)cc1. The number of carbonyl (C=O) groups excluding carboxylic acids is 1. The summed E-state index contributed by atoms with van der Waals surface area (Å²) < 4.78 is 3.81. The normalized spacial score (nSPS) is 10.3. The van der Waals surface area contributed by atoms with E-state index in [1.807, 2.05) is 65.2 Å². The number of hydrogen-bond donors (Lipinski definition) is 0. The van der Waals surface area contributed by atoms with Gasteiger partial charge in [-0.15, -0.1) is 0 Å². The minimum Gasteiger partial charge on any atom is -0.550 e. The van der Waals surface area contributed by atoms with Gasteiger partial charge in [0.25, 0.3) is 0 Å². The maximum atomic E-state index is 10.4. The van der Waals surface area contributed by atoms with Crippen LogP contribution in [0.5, 0.6) is 0 Å². The van der Waals surface area contributed by atoms with E-state index in [1.54, 1.807) is 0 Å². The van der Waals surface area contributed by atoms with E-state index < -0.39 is 5.97 Å². The number of aliphatic carboxylic acids is 1. The van der Waals surface area contributed by atoms with Gasteiger partial charge in [-0.1, -0.05) is 0 Å². The van der Waals surface area contributed by atoms with Crippen LogP contribution in [0.1, 0.15) is 6.42 Å². The summed E-state index contributed by atoms with van der Waals surface area (Å²) in [5.41, 5.74) is 2.25. The van der Waals surface area contributed by atoms with Crippen molar-refractivity contribution in [2.75, 3.05) is 0 Å². The third kappa shape index (κ3) is 3.13. The van der Waals surface area contributed by atoms with Crippen LogP contribution in [-0.4, -0.2) is 5.97 Å². The van der Waals surface area contributed by atoms with Crippen LogP contribution in [0.25, 0.3) is 11.1 Å². The third-order valence-corrected chi connectivity index (χ3v) is 2.78. The van der Waals surface area contributed by atoms with Crippen molar-refractivity contribution in [1.82, 2.24) is 0 Å². The Hall–Kier alpha value is -2.23. The van der Waals surface area contributed by atoms with Crippen molar-refractivity contribution in [1.29, 1.82) is 0 Å². The second-order valence-electron chi connectivity index (χ2n) is 4.20. The Morgan fingerprint density at radius 2 is 1.56 bits per heavy atom. The molecular formula is C14H15N2O2+. The number of aryl methyl sites for hydroxylation is 2. The van der Waals surface area contributed by atoms with Crippen LogP contribution in [0.2, 0.25) is 0 Å². The van der Waals surface area contributed by atoms with E-state index in [4.69, 9.17) is 0 Å². The predicted molar refractivity (Wildman–Crippen MR) is 62.9 cm³/mol. The first-order valence-corrected chi connectivity index (χ1v) is 5.80. The minimum absolute atomic E-state index is 0.0329. The Morgan fingerprint density at radius 1 is 1.06 bits per heavy atom. The van der Waals surface area contributed by atoms with E-state index in [2.05, 4.69) is 0 Å². The number of carbonyl (C=O) groups is 1. The van der Waals surface area contributed by atoms with Gasteiger partial charge in [-0.25, -0.2) is 9.13 Å². The lowest BCUT2D eigenvalue weighted by atomic mass is 10.1. The van der Waals surface area contributed by atoms with Gasteiger partial charge >= 0.3 is 0 Å². The number of pyridine rings is 2. The first-order valence-electron chi connectivity index (χ1n) is 5.80. The largest absolute Gasteiger partial charge is 0.550 e. The molecule has 0 N–H and O–H groups in total. The number of carboxylic acid groups (broad SMARTS) is 1. The molecule has 0 aromatic carbocycles. The van der Waals surface area contributed by atoms with Gasteiger partial charge in [0.1, 0.15) is 7.05 Å². The lowest BCUT2D eigenvalue weighted by Crippen LogP contribution is -2.36. The van der Waals surface area contributed by atoms with Crippen LogP contribution in [0.4, 0.5) is 0 Å². The Kier molecular flexibility index (Phi) is 3.67. The monoisotopic (exact) mass is 243 g/mol. The average molecular weight is 243 g/mol. The second-order valence-corrected chi connectivity index (χ2v) is 4.20. The Morgan fingerprint density at radius 3 is 2.06 bits per heavy atom. The first-order chi connectivity index (χ1) is 8.65. The second kappa shape index (κ2) is 5.40. The molecule has 0 saturated carbocycles. The molecule has 0 aliphatic rings. The van der Waals surface area contributed by atoms with Gasteiger partial charge in [0, 0.05) is 36.7 Å². The number of aromatic nitrogens is 2. The van der Waals surface area contributed by atoms with Crippen molar-refractivity contribution in [2.45, 2.75) is 13.0 Å². The van der Waals surface area contributed by atoms with E-state index >= 15 is 0 Å². The van der Waals surface area contributed by atoms with Crippen molar-refractivity contribution in [2.24, 2.45) is 7.05 Å². The Balaban J connectivity index is 2.12. The molecule has 2 aromatic heterocycles. The van der Waals surface area contributed by atoms with Crippen molar-refractivity contribution in [3.05, 3.63) is 49.1 Å². The molecule has 0 unspecified atom stereocenters. The van der Waals surface area contributed by atoms with Crippen LogP contribution >= 0.6 is 0 Å². The maximum absolute atomic E-state index is 10.4. The summed E-state index contributed by atoms with van der Waals surface area (Å²) in [6.45, 7) is 0.437. The van der Waals surface area contributed by atoms with Crippen molar-refractivity contribution >= 4 is 5.97 Å². The lowest BCUT2D eigenvalue weighted by molar-refractivity contribution is -0.696. The maximum Gasteiger partial charge on any atom is 0.169 e. The molecular weight excluding hydrogens is 228 g/mol. The standard InChI is InChI=1S/C14H15N2O2/c1-15-7-2-12(3-8-15)13-4-9-16(10-5-13)11-6-14(17)18/h2-5,7-10H,6,11H2,1H3/q+1. The zero-order valence-corrected chi connectivity index (χ0v) is 10.2. The van der Waals surface area contributed by atoms with E-state index in [0.29, 0.717) is 6.54 Å². The van der Waals surface area contributed by atoms with Crippen molar-refractivity contribution in [3.63, 3.8) is 0 Å². The fourth-order valence-corrected chi connectivity index (χ4v) is 1.71. The molecule has 2 aromatic rings. The van der Waals surface area contributed by atoms with E-state index in [0.717, 1.165) is 11.1 Å². The summed E-state index contributed by atoms with van der Waals surface area (Å²) in [7, 11) is 1.97. The number of nitrogens with zero attached hydrogens (tertiary/aromatic N) is 2. The fraction of sp³-hybridized carbons (Fsp3) is 0.214. The van der Waals surface area contributed by atoms with Crippen LogP contribution in [0, 0.1) is 0 Å². The van der Waals surface area contributed by atoms with Gasteiger partial charge in [-0.3, -0.25) is 0 Å². The minimum atomic E-state index is -1.03. The highest BCUT2D eigenvalue weighted by Crippen LogP contribution is 2.15. The van der Waals surface area contributed by atoms with Gasteiger partial charge in [0.05, 0.1) is 0 Å². The molecule has 0 aliphatic carbocycles. The van der Waals surface area contributed by atoms with Gasteiger partial charge in [0.2, 0.25) is 0 Å². The molecule has 0 atom stereocenters. The summed E-state index contributed by atoms with van der Waals surface area (Å²) >= 11 is 0. The van der Waals surface area contributed by atoms with Crippen LogP contribution in [-0.2, 0) is 18.4 Å². The molecule has 4 nitrogen and oxygen atoms in total. The van der Waals surface area contributed by atoms with Gasteiger partial charge < -0.3 is 9.90 Å². The molecule has 0 spiro atoms. The molecule has 2 rings (SSSR count). The van der Waals surface area contributed by atoms with Crippen LogP contribution in [0.3, 0.4) is 0 Å². The molecule has 2 heterocycles. The van der Waals surface area contributed by atoms with Gasteiger partial charge in [-0.2, -0.15) is 0 Å². The Labute approximate surface area is 106 Å². The predicted octanol–water partition coefficient (Wildman–Crippen LogP) is -0.394. The summed E-state index contributed by atoms with van der Waals surface area (Å²) in [4.78, 5) is 10.4. The summed E-state index contributed by atoms with van der Waals surface area (Å²) in [6.07, 6.45) is 7.78. The zero-order valence-electron chi connectivity index (χ0n) is 10.2. The third-order valence-electron chi connectivity index (χ3n) is 2.78. The lowest BCUT2D eigenvalue weighted by Gasteiger charge is -2.01. The summed E-state index contributed by atoms with van der Waals surface area (Å²) in [5, 5.41) is 10.4. The topological polar surface area (TPSA) is 47.9 Å². The summed E-state index contributed by atoms with van der Waals surface area (Å²) in [5.74, 6) is -1.03.